The molecule has 57 heavy (non-hydrogen) atoms. The zero-order valence-corrected chi connectivity index (χ0v) is 38.0. The first-order chi connectivity index (χ1) is 27.4. The summed E-state index contributed by atoms with van der Waals surface area (Å²) in [5, 5.41) is 9.88. The van der Waals surface area contributed by atoms with Crippen molar-refractivity contribution in [3.05, 3.63) is 36.5 Å². The summed E-state index contributed by atoms with van der Waals surface area (Å²) in [5.41, 5.74) is 0. The number of nitrogens with zero attached hydrogens (tertiary/aromatic N) is 1. The first-order valence-electron chi connectivity index (χ1n) is 22.8. The van der Waals surface area contributed by atoms with Crippen LogP contribution in [0.2, 0.25) is 0 Å². The fourth-order valence-corrected chi connectivity index (χ4v) is 6.89. The average Bonchev–Trinajstić information content (AvgIpc) is 3.15. The number of allylic oxidation sites excluding steroid dienone is 4. The molecule has 0 aliphatic rings. The number of carbonyl (C=O) groups excluding carboxylic acids is 2. The first-order valence-corrected chi connectivity index (χ1v) is 24.3. The predicted molar refractivity (Wildman–Crippen MR) is 233 cm³/mol. The SMILES string of the molecule is CC/C=C/CC(O)/C=C/C=C/CCCCCCCC(=O)OC[C@H](COP(=O)([O-])OCC[N+](C)(C)C)OC(=O)CCCCCCCCCCCCCCCCCCC. The van der Waals surface area contributed by atoms with Gasteiger partial charge in [0.2, 0.25) is 0 Å². The van der Waals surface area contributed by atoms with E-state index in [1.165, 1.54) is 83.5 Å². The van der Waals surface area contributed by atoms with Crippen LogP contribution in [0.25, 0.3) is 0 Å². The number of aliphatic hydroxyl groups excluding tert-OH is 1. The van der Waals surface area contributed by atoms with E-state index in [1.54, 1.807) is 6.08 Å². The Hall–Kier alpha value is -1.81. The number of carbonyl (C=O) groups is 2. The molecule has 0 aromatic carbocycles. The lowest BCUT2D eigenvalue weighted by molar-refractivity contribution is -0.870. The Morgan fingerprint density at radius 3 is 1.68 bits per heavy atom. The van der Waals surface area contributed by atoms with Crippen LogP contribution in [0, 0.1) is 0 Å². The number of rotatable bonds is 41. The van der Waals surface area contributed by atoms with Crippen molar-refractivity contribution in [1.82, 2.24) is 0 Å². The Balaban J connectivity index is 4.38. The van der Waals surface area contributed by atoms with Crippen molar-refractivity contribution in [2.24, 2.45) is 0 Å². The van der Waals surface area contributed by atoms with Crippen LogP contribution in [0.4, 0.5) is 0 Å². The Morgan fingerprint density at radius 1 is 0.649 bits per heavy atom. The summed E-state index contributed by atoms with van der Waals surface area (Å²) < 4.78 is 33.9. The maximum Gasteiger partial charge on any atom is 0.306 e. The first kappa shape index (κ1) is 55.2. The van der Waals surface area contributed by atoms with Gasteiger partial charge in [0.25, 0.3) is 7.82 Å². The molecule has 11 heteroatoms. The largest absolute Gasteiger partial charge is 0.756 e. The van der Waals surface area contributed by atoms with E-state index in [4.69, 9.17) is 18.5 Å². The second-order valence-corrected chi connectivity index (χ2v) is 18.0. The molecule has 1 N–H and O–H groups in total. The van der Waals surface area contributed by atoms with Crippen molar-refractivity contribution >= 4 is 19.8 Å². The van der Waals surface area contributed by atoms with Crippen LogP contribution in [-0.2, 0) is 32.7 Å². The smallest absolute Gasteiger partial charge is 0.306 e. The van der Waals surface area contributed by atoms with Gasteiger partial charge in [0.15, 0.2) is 6.10 Å². The lowest BCUT2D eigenvalue weighted by Gasteiger charge is -2.28. The van der Waals surface area contributed by atoms with Gasteiger partial charge < -0.3 is 33.0 Å². The molecule has 0 bridgehead atoms. The van der Waals surface area contributed by atoms with E-state index in [0.717, 1.165) is 57.8 Å². The molecule has 0 fully saturated rings. The molecule has 0 aliphatic carbocycles. The van der Waals surface area contributed by atoms with E-state index in [9.17, 15) is 24.2 Å². The molecule has 2 unspecified atom stereocenters. The van der Waals surface area contributed by atoms with E-state index >= 15 is 0 Å². The van der Waals surface area contributed by atoms with Crippen molar-refractivity contribution in [2.75, 3.05) is 47.5 Å². The Labute approximate surface area is 349 Å². The summed E-state index contributed by atoms with van der Waals surface area (Å²) in [6, 6.07) is 0. The fraction of sp³-hybridized carbons (Fsp3) is 0.826. The van der Waals surface area contributed by atoms with Gasteiger partial charge in [-0.15, -0.1) is 0 Å². The minimum absolute atomic E-state index is 0.0422. The molecule has 10 nitrogen and oxygen atoms in total. The molecule has 0 spiro atoms. The summed E-state index contributed by atoms with van der Waals surface area (Å²) in [4.78, 5) is 37.6. The van der Waals surface area contributed by atoms with Gasteiger partial charge in [-0.05, 0) is 38.5 Å². The molecular formula is C46H86NO9P. The van der Waals surface area contributed by atoms with Crippen LogP contribution in [0.3, 0.4) is 0 Å². The highest BCUT2D eigenvalue weighted by Crippen LogP contribution is 2.38. The molecular weight excluding hydrogens is 741 g/mol. The zero-order valence-electron chi connectivity index (χ0n) is 37.1. The van der Waals surface area contributed by atoms with E-state index in [-0.39, 0.29) is 26.1 Å². The molecule has 0 saturated carbocycles. The molecule has 0 heterocycles. The third kappa shape index (κ3) is 42.1. The highest BCUT2D eigenvalue weighted by Gasteiger charge is 2.21. The van der Waals surface area contributed by atoms with Gasteiger partial charge in [0.05, 0.1) is 33.9 Å². The van der Waals surface area contributed by atoms with Crippen molar-refractivity contribution in [1.29, 1.82) is 0 Å². The standard InChI is InChI=1S/C46H86NO9P/c1-6-8-10-11-12-13-14-15-16-17-18-19-20-23-27-30-34-38-46(50)56-44(42-55-57(51,52)54-40-39-47(3,4)5)41-53-45(49)37-33-29-26-24-21-22-25-28-32-36-43(48)35-31-9-7-2/h9,25,28,31-32,36,43-44,48H,6-8,10-24,26-27,29-30,33-35,37-42H2,1-5H3/b28-25+,31-9+,36-32+/t43?,44-/m1/s1. The number of quaternary nitrogens is 1. The third-order valence-electron chi connectivity index (χ3n) is 9.75. The average molecular weight is 828 g/mol. The molecule has 0 saturated heterocycles. The fourth-order valence-electron chi connectivity index (χ4n) is 6.16. The molecule has 0 aromatic rings. The lowest BCUT2D eigenvalue weighted by Crippen LogP contribution is -2.37. The predicted octanol–water partition coefficient (Wildman–Crippen LogP) is 11.3. The summed E-state index contributed by atoms with van der Waals surface area (Å²) in [7, 11) is 1.13. The molecule has 0 aromatic heterocycles. The maximum atomic E-state index is 12.7. The normalized spacial score (nSPS) is 14.4. The van der Waals surface area contributed by atoms with Crippen LogP contribution in [0.5, 0.6) is 0 Å². The molecule has 3 atom stereocenters. The van der Waals surface area contributed by atoms with Crippen LogP contribution in [-0.4, -0.2) is 81.2 Å². The number of esters is 2. The minimum atomic E-state index is -4.64. The van der Waals surface area contributed by atoms with Crippen molar-refractivity contribution in [3.8, 4) is 0 Å². The van der Waals surface area contributed by atoms with Gasteiger partial charge in [-0.1, -0.05) is 172 Å². The van der Waals surface area contributed by atoms with Gasteiger partial charge in [-0.2, -0.15) is 0 Å². The second-order valence-electron chi connectivity index (χ2n) is 16.6. The van der Waals surface area contributed by atoms with Gasteiger partial charge in [-0.3, -0.25) is 14.2 Å². The van der Waals surface area contributed by atoms with Crippen LogP contribution < -0.4 is 4.89 Å². The lowest BCUT2D eigenvalue weighted by atomic mass is 10.0. The van der Waals surface area contributed by atoms with E-state index in [1.807, 2.05) is 45.4 Å². The number of hydrogen-bond acceptors (Lipinski definition) is 9. The van der Waals surface area contributed by atoms with E-state index in [0.29, 0.717) is 30.3 Å². The number of phosphoric acid groups is 1. The van der Waals surface area contributed by atoms with Gasteiger partial charge in [-0.25, -0.2) is 0 Å². The molecule has 334 valence electrons. The van der Waals surface area contributed by atoms with E-state index in [2.05, 4.69) is 19.9 Å². The van der Waals surface area contributed by atoms with Gasteiger partial charge in [0, 0.05) is 12.8 Å². The number of ether oxygens (including phenoxy) is 2. The summed E-state index contributed by atoms with van der Waals surface area (Å²) in [5.74, 6) is -0.883. The van der Waals surface area contributed by atoms with Gasteiger partial charge >= 0.3 is 11.9 Å². The summed E-state index contributed by atoms with van der Waals surface area (Å²) in [6.45, 7) is 3.99. The molecule has 0 radical (unpaired) electrons. The number of hydrogen-bond donors (Lipinski definition) is 1. The van der Waals surface area contributed by atoms with Gasteiger partial charge in [0.1, 0.15) is 19.8 Å². The Bertz CT molecular complexity index is 1090. The zero-order chi connectivity index (χ0) is 42.3. The monoisotopic (exact) mass is 828 g/mol. The number of phosphoric ester groups is 1. The van der Waals surface area contributed by atoms with Crippen molar-refractivity contribution in [2.45, 2.75) is 199 Å². The second kappa shape index (κ2) is 38.4. The van der Waals surface area contributed by atoms with Crippen LogP contribution >= 0.6 is 7.82 Å². The number of unbranched alkanes of at least 4 members (excludes halogenated alkanes) is 21. The van der Waals surface area contributed by atoms with Crippen LogP contribution in [0.15, 0.2) is 36.5 Å². The summed E-state index contributed by atoms with van der Waals surface area (Å²) >= 11 is 0. The van der Waals surface area contributed by atoms with Crippen LogP contribution in [0.1, 0.15) is 187 Å². The topological polar surface area (TPSA) is 131 Å². The Morgan fingerprint density at radius 2 is 1.16 bits per heavy atom. The molecule has 0 aliphatic heterocycles. The number of likely N-dealkylation sites (N-methyl/N-ethyl adjacent to an activating group) is 1. The number of aliphatic hydroxyl groups is 1. The van der Waals surface area contributed by atoms with Crippen molar-refractivity contribution < 1.29 is 47.2 Å². The highest BCUT2D eigenvalue weighted by atomic mass is 31.2. The molecule has 0 amide bonds. The molecule has 0 rings (SSSR count). The summed E-state index contributed by atoms with van der Waals surface area (Å²) in [6.07, 6.45) is 39.3. The van der Waals surface area contributed by atoms with Crippen molar-refractivity contribution in [3.63, 3.8) is 0 Å². The Kier molecular flexibility index (Phi) is 37.2. The van der Waals surface area contributed by atoms with E-state index < -0.39 is 38.6 Å². The highest BCUT2D eigenvalue weighted by molar-refractivity contribution is 7.45. The quantitative estimate of drug-likeness (QED) is 0.0160. The minimum Gasteiger partial charge on any atom is -0.756 e. The third-order valence-corrected chi connectivity index (χ3v) is 10.7. The maximum absolute atomic E-state index is 12.7.